The quantitative estimate of drug-likeness (QED) is 0.818. The van der Waals surface area contributed by atoms with Gasteiger partial charge in [0.2, 0.25) is 5.79 Å². The van der Waals surface area contributed by atoms with Gasteiger partial charge in [-0.25, -0.2) is 4.39 Å². The number of benzene rings is 1. The first-order valence-electron chi connectivity index (χ1n) is 6.45. The van der Waals surface area contributed by atoms with E-state index in [1.165, 1.54) is 12.1 Å². The van der Waals surface area contributed by atoms with Crippen molar-refractivity contribution in [3.63, 3.8) is 0 Å². The van der Waals surface area contributed by atoms with Crippen LogP contribution in [0.4, 0.5) is 4.39 Å². The molecule has 0 amide bonds. The monoisotopic (exact) mass is 253 g/mol. The van der Waals surface area contributed by atoms with Gasteiger partial charge in [-0.1, -0.05) is 6.92 Å². The second kappa shape index (κ2) is 5.67. The molecule has 0 saturated heterocycles. The van der Waals surface area contributed by atoms with Gasteiger partial charge < -0.3 is 14.8 Å². The molecule has 0 saturated carbocycles. The highest BCUT2D eigenvalue weighted by Crippen LogP contribution is 2.33. The van der Waals surface area contributed by atoms with E-state index in [1.807, 2.05) is 6.92 Å². The summed E-state index contributed by atoms with van der Waals surface area (Å²) in [6.45, 7) is 6.35. The number of fused-ring (bicyclic) bond motifs is 1. The minimum atomic E-state index is -0.597. The number of hydrogen-bond acceptors (Lipinski definition) is 3. The Morgan fingerprint density at radius 1 is 1.44 bits per heavy atom. The van der Waals surface area contributed by atoms with Gasteiger partial charge in [0.05, 0.1) is 6.61 Å². The van der Waals surface area contributed by atoms with Crippen LogP contribution in [0.3, 0.4) is 0 Å². The molecule has 0 aliphatic carbocycles. The van der Waals surface area contributed by atoms with E-state index in [-0.39, 0.29) is 5.82 Å². The summed E-state index contributed by atoms with van der Waals surface area (Å²) in [5.74, 6) is -0.120. The van der Waals surface area contributed by atoms with Crippen LogP contribution < -0.4 is 10.1 Å². The number of halogens is 1. The highest BCUT2D eigenvalue weighted by Gasteiger charge is 2.32. The summed E-state index contributed by atoms with van der Waals surface area (Å²) < 4.78 is 24.6. The van der Waals surface area contributed by atoms with Crippen LogP contribution in [0.5, 0.6) is 5.75 Å². The molecule has 1 N–H and O–H groups in total. The Morgan fingerprint density at radius 3 is 3.06 bits per heavy atom. The number of hydrogen-bond donors (Lipinski definition) is 1. The fourth-order valence-corrected chi connectivity index (χ4v) is 2.09. The maximum atomic E-state index is 13.1. The van der Waals surface area contributed by atoms with Gasteiger partial charge in [-0.3, -0.25) is 0 Å². The average molecular weight is 253 g/mol. The lowest BCUT2D eigenvalue weighted by Crippen LogP contribution is -2.39. The summed E-state index contributed by atoms with van der Waals surface area (Å²) in [6.07, 6.45) is 1.80. The van der Waals surface area contributed by atoms with E-state index in [4.69, 9.17) is 9.47 Å². The molecule has 1 aliphatic rings. The molecule has 1 atom stereocenters. The van der Waals surface area contributed by atoms with Gasteiger partial charge in [0.1, 0.15) is 11.6 Å². The second-order valence-electron chi connectivity index (χ2n) is 4.73. The van der Waals surface area contributed by atoms with Crippen LogP contribution in [0.1, 0.15) is 32.3 Å². The molecule has 1 unspecified atom stereocenters. The van der Waals surface area contributed by atoms with Gasteiger partial charge in [-0.15, -0.1) is 0 Å². The first kappa shape index (κ1) is 13.3. The Hall–Kier alpha value is -1.13. The van der Waals surface area contributed by atoms with Crippen LogP contribution in [-0.4, -0.2) is 18.9 Å². The summed E-state index contributed by atoms with van der Waals surface area (Å²) in [5, 5.41) is 3.27. The van der Waals surface area contributed by atoms with Crippen molar-refractivity contribution in [1.82, 2.24) is 5.32 Å². The molecule has 0 aromatic heterocycles. The molecule has 4 heteroatoms. The first-order valence-corrected chi connectivity index (χ1v) is 6.45. The van der Waals surface area contributed by atoms with Crippen LogP contribution in [0.2, 0.25) is 0 Å². The molecule has 0 radical (unpaired) electrons. The van der Waals surface area contributed by atoms with Crippen LogP contribution in [0.25, 0.3) is 0 Å². The minimum absolute atomic E-state index is 0.253. The van der Waals surface area contributed by atoms with Crippen molar-refractivity contribution in [2.24, 2.45) is 0 Å². The normalized spacial score (nSPS) is 22.4. The molecule has 1 aromatic carbocycles. The van der Waals surface area contributed by atoms with Crippen molar-refractivity contribution in [3.05, 3.63) is 29.6 Å². The maximum Gasteiger partial charge on any atom is 0.208 e. The molecule has 2 rings (SSSR count). The molecule has 0 spiro atoms. The first-order chi connectivity index (χ1) is 8.63. The predicted octanol–water partition coefficient (Wildman–Crippen LogP) is 2.84. The molecule has 1 heterocycles. The number of ether oxygens (including phenoxy) is 2. The number of rotatable bonds is 5. The van der Waals surface area contributed by atoms with E-state index in [0.717, 1.165) is 37.2 Å². The highest BCUT2D eigenvalue weighted by atomic mass is 19.1. The molecule has 0 bridgehead atoms. The van der Waals surface area contributed by atoms with Crippen molar-refractivity contribution in [2.75, 3.05) is 13.1 Å². The van der Waals surface area contributed by atoms with E-state index in [1.54, 1.807) is 6.07 Å². The number of nitrogens with one attached hydrogen (secondary N) is 1. The Kier molecular flexibility index (Phi) is 4.19. The van der Waals surface area contributed by atoms with Crippen LogP contribution in [0.15, 0.2) is 18.2 Å². The van der Waals surface area contributed by atoms with Gasteiger partial charge in [0, 0.05) is 18.9 Å². The van der Waals surface area contributed by atoms with E-state index in [9.17, 15) is 4.39 Å². The Morgan fingerprint density at radius 2 is 2.28 bits per heavy atom. The molecular weight excluding hydrogens is 233 g/mol. The topological polar surface area (TPSA) is 30.5 Å². The van der Waals surface area contributed by atoms with E-state index in [2.05, 4.69) is 12.2 Å². The molecule has 0 fully saturated rings. The van der Waals surface area contributed by atoms with E-state index >= 15 is 0 Å². The summed E-state index contributed by atoms with van der Waals surface area (Å²) >= 11 is 0. The molecule has 18 heavy (non-hydrogen) atoms. The third-order valence-corrected chi connectivity index (χ3v) is 3.12. The highest BCUT2D eigenvalue weighted by molar-refractivity contribution is 5.34. The molecular formula is C14H20FNO2. The SMILES string of the molecule is CCNCCCC1(C)OCc2cc(F)ccc2O1. The lowest BCUT2D eigenvalue weighted by Gasteiger charge is -2.35. The fourth-order valence-electron chi connectivity index (χ4n) is 2.09. The average Bonchev–Trinajstić information content (AvgIpc) is 2.35. The van der Waals surface area contributed by atoms with Crippen molar-refractivity contribution < 1.29 is 13.9 Å². The van der Waals surface area contributed by atoms with Crippen molar-refractivity contribution >= 4 is 0 Å². The van der Waals surface area contributed by atoms with Crippen molar-refractivity contribution in [1.29, 1.82) is 0 Å². The molecule has 1 aliphatic heterocycles. The van der Waals surface area contributed by atoms with Crippen molar-refractivity contribution in [3.8, 4) is 5.75 Å². The smallest absolute Gasteiger partial charge is 0.208 e. The molecule has 1 aromatic rings. The molecule has 3 nitrogen and oxygen atoms in total. The zero-order chi connectivity index (χ0) is 13.0. The van der Waals surface area contributed by atoms with Gasteiger partial charge >= 0.3 is 0 Å². The summed E-state index contributed by atoms with van der Waals surface area (Å²) in [6, 6.07) is 4.56. The summed E-state index contributed by atoms with van der Waals surface area (Å²) in [4.78, 5) is 0. The standard InChI is InChI=1S/C14H20FNO2/c1-3-16-8-4-7-14(2)17-10-11-9-12(15)5-6-13(11)18-14/h5-6,9,16H,3-4,7-8,10H2,1-2H3. The molecule has 100 valence electrons. The third kappa shape index (κ3) is 3.21. The lowest BCUT2D eigenvalue weighted by atomic mass is 10.1. The Bertz CT molecular complexity index is 411. The predicted molar refractivity (Wildman–Crippen MR) is 68.0 cm³/mol. The summed E-state index contributed by atoms with van der Waals surface area (Å²) in [7, 11) is 0. The van der Waals surface area contributed by atoms with Crippen LogP contribution in [-0.2, 0) is 11.3 Å². The lowest BCUT2D eigenvalue weighted by molar-refractivity contribution is -0.197. The van der Waals surface area contributed by atoms with Crippen LogP contribution >= 0.6 is 0 Å². The largest absolute Gasteiger partial charge is 0.462 e. The van der Waals surface area contributed by atoms with Crippen LogP contribution in [0, 0.1) is 5.82 Å². The van der Waals surface area contributed by atoms with E-state index in [0.29, 0.717) is 6.61 Å². The van der Waals surface area contributed by atoms with Gasteiger partial charge in [-0.2, -0.15) is 0 Å². The third-order valence-electron chi connectivity index (χ3n) is 3.12. The zero-order valence-electron chi connectivity index (χ0n) is 11.0. The minimum Gasteiger partial charge on any atom is -0.462 e. The Labute approximate surface area is 107 Å². The second-order valence-corrected chi connectivity index (χ2v) is 4.73. The van der Waals surface area contributed by atoms with Gasteiger partial charge in [-0.05, 0) is 37.7 Å². The van der Waals surface area contributed by atoms with Gasteiger partial charge in [0.25, 0.3) is 0 Å². The van der Waals surface area contributed by atoms with E-state index < -0.39 is 5.79 Å². The van der Waals surface area contributed by atoms with Gasteiger partial charge in [0.15, 0.2) is 0 Å². The Balaban J connectivity index is 1.95. The van der Waals surface area contributed by atoms with Crippen molar-refractivity contribution in [2.45, 2.75) is 39.1 Å². The fraction of sp³-hybridized carbons (Fsp3) is 0.571. The zero-order valence-corrected chi connectivity index (χ0v) is 11.0. The maximum absolute atomic E-state index is 13.1. The summed E-state index contributed by atoms with van der Waals surface area (Å²) in [5.41, 5.74) is 0.777.